The molecule has 0 saturated heterocycles. The second-order valence-electron chi connectivity index (χ2n) is 5.26. The van der Waals surface area contributed by atoms with Crippen LogP contribution in [0.1, 0.15) is 16.7 Å². The molecule has 0 aromatic heterocycles. The molecule has 0 heterocycles. The molecule has 1 N–H and O–H groups in total. The van der Waals surface area contributed by atoms with Gasteiger partial charge in [-0.3, -0.25) is 4.79 Å². The second-order valence-corrected chi connectivity index (χ2v) is 5.26. The molecule has 3 nitrogen and oxygen atoms in total. The van der Waals surface area contributed by atoms with Crippen molar-refractivity contribution in [1.29, 1.82) is 0 Å². The molecule has 1 amide bonds. The van der Waals surface area contributed by atoms with E-state index in [1.165, 1.54) is 4.90 Å². The lowest BCUT2D eigenvalue weighted by Crippen LogP contribution is -2.29. The maximum Gasteiger partial charge on any atom is 0.255 e. The van der Waals surface area contributed by atoms with Crippen LogP contribution in [0, 0.1) is 18.8 Å². The van der Waals surface area contributed by atoms with E-state index in [0.717, 1.165) is 16.7 Å². The smallest absolute Gasteiger partial charge is 0.255 e. The van der Waals surface area contributed by atoms with Crippen molar-refractivity contribution in [2.45, 2.75) is 6.92 Å². The third kappa shape index (κ3) is 4.09. The Bertz CT molecular complexity index is 782. The average molecular weight is 305 g/mol. The highest BCUT2D eigenvalue weighted by Gasteiger charge is 2.16. The van der Waals surface area contributed by atoms with Crippen LogP contribution < -0.4 is 4.90 Å². The minimum Gasteiger partial charge on any atom is -0.391 e. The zero-order chi connectivity index (χ0) is 16.8. The van der Waals surface area contributed by atoms with E-state index in [-0.39, 0.29) is 18.1 Å². The van der Waals surface area contributed by atoms with Gasteiger partial charge in [-0.25, -0.2) is 0 Å². The monoisotopic (exact) mass is 305 g/mol. The fourth-order valence-electron chi connectivity index (χ4n) is 2.12. The Hall–Kier alpha value is -2.83. The Morgan fingerprint density at radius 2 is 1.87 bits per heavy atom. The summed E-state index contributed by atoms with van der Waals surface area (Å²) >= 11 is 0. The summed E-state index contributed by atoms with van der Waals surface area (Å²) in [5, 5.41) is 9.09. The summed E-state index contributed by atoms with van der Waals surface area (Å²) in [6.45, 7) is 5.20. The molecule has 23 heavy (non-hydrogen) atoms. The van der Waals surface area contributed by atoms with E-state index in [9.17, 15) is 4.79 Å². The van der Waals surface area contributed by atoms with Crippen LogP contribution in [-0.4, -0.2) is 24.7 Å². The zero-order valence-corrected chi connectivity index (χ0v) is 13.3. The Balaban J connectivity index is 2.41. The van der Waals surface area contributed by atoms with E-state index in [4.69, 9.17) is 5.11 Å². The van der Waals surface area contributed by atoms with Gasteiger partial charge in [0.1, 0.15) is 0 Å². The number of aryl methyl sites for hydroxylation is 1. The van der Waals surface area contributed by atoms with Crippen molar-refractivity contribution in [3.8, 4) is 11.8 Å². The van der Waals surface area contributed by atoms with Gasteiger partial charge in [-0.15, -0.1) is 0 Å². The molecule has 0 atom stereocenters. The Morgan fingerprint density at radius 1 is 1.17 bits per heavy atom. The largest absolute Gasteiger partial charge is 0.391 e. The molecule has 0 spiro atoms. The number of amides is 1. The van der Waals surface area contributed by atoms with Crippen LogP contribution in [0.3, 0.4) is 0 Å². The number of anilines is 1. The van der Waals surface area contributed by atoms with Crippen LogP contribution in [0.4, 0.5) is 5.69 Å². The number of carbonyl (C=O) groups is 1. The molecule has 0 saturated carbocycles. The number of benzene rings is 2. The zero-order valence-electron chi connectivity index (χ0n) is 13.3. The first-order valence-corrected chi connectivity index (χ1v) is 7.27. The quantitative estimate of drug-likeness (QED) is 0.700. The first-order chi connectivity index (χ1) is 11.0. The third-order valence-electron chi connectivity index (χ3n) is 3.43. The van der Waals surface area contributed by atoms with Gasteiger partial charge >= 0.3 is 0 Å². The molecule has 2 rings (SSSR count). The van der Waals surface area contributed by atoms with E-state index >= 15 is 0 Å². The minimum absolute atomic E-state index is 0.148. The van der Waals surface area contributed by atoms with Crippen molar-refractivity contribution < 1.29 is 9.90 Å². The summed E-state index contributed by atoms with van der Waals surface area (Å²) in [5.41, 5.74) is 3.57. The highest BCUT2D eigenvalue weighted by atomic mass is 16.3. The third-order valence-corrected chi connectivity index (χ3v) is 3.43. The SMILES string of the molecule is C=C(CO)C(=O)N(C)c1ccc(C)cc1C#Cc1ccccc1. The molecule has 0 aliphatic rings. The number of aliphatic hydroxyl groups excluding tert-OH is 1. The van der Waals surface area contributed by atoms with E-state index < -0.39 is 0 Å². The molecule has 116 valence electrons. The van der Waals surface area contributed by atoms with Gasteiger partial charge in [0, 0.05) is 23.7 Å². The fraction of sp³-hybridized carbons (Fsp3) is 0.150. The van der Waals surface area contributed by atoms with Gasteiger partial charge in [-0.2, -0.15) is 0 Å². The van der Waals surface area contributed by atoms with Gasteiger partial charge in [-0.1, -0.05) is 42.7 Å². The van der Waals surface area contributed by atoms with Crippen molar-refractivity contribution in [1.82, 2.24) is 0 Å². The first kappa shape index (κ1) is 16.5. The Kier molecular flexibility index (Phi) is 5.35. The lowest BCUT2D eigenvalue weighted by atomic mass is 10.1. The molecule has 0 radical (unpaired) electrons. The summed E-state index contributed by atoms with van der Waals surface area (Å²) in [6, 6.07) is 15.4. The van der Waals surface area contributed by atoms with Crippen molar-refractivity contribution in [3.05, 3.63) is 77.4 Å². The molecule has 2 aromatic carbocycles. The van der Waals surface area contributed by atoms with Crippen LogP contribution in [0.25, 0.3) is 0 Å². The predicted octanol–water partition coefficient (Wildman–Crippen LogP) is 2.91. The van der Waals surface area contributed by atoms with Crippen LogP contribution in [0.5, 0.6) is 0 Å². The highest BCUT2D eigenvalue weighted by molar-refractivity contribution is 6.05. The van der Waals surface area contributed by atoms with Crippen molar-refractivity contribution >= 4 is 11.6 Å². The number of rotatable bonds is 3. The average Bonchev–Trinajstić information content (AvgIpc) is 2.59. The Morgan fingerprint density at radius 3 is 2.52 bits per heavy atom. The van der Waals surface area contributed by atoms with Crippen LogP contribution in [0.2, 0.25) is 0 Å². The molecule has 0 unspecified atom stereocenters. The normalized spacial score (nSPS) is 9.70. The molecular weight excluding hydrogens is 286 g/mol. The predicted molar refractivity (Wildman–Crippen MR) is 93.2 cm³/mol. The fourth-order valence-corrected chi connectivity index (χ4v) is 2.12. The van der Waals surface area contributed by atoms with E-state index in [0.29, 0.717) is 5.69 Å². The van der Waals surface area contributed by atoms with Crippen LogP contribution in [-0.2, 0) is 4.79 Å². The van der Waals surface area contributed by atoms with Crippen LogP contribution >= 0.6 is 0 Å². The minimum atomic E-state index is -0.361. The lowest BCUT2D eigenvalue weighted by Gasteiger charge is -2.20. The number of hydrogen-bond donors (Lipinski definition) is 1. The molecule has 2 aromatic rings. The number of nitrogens with zero attached hydrogens (tertiary/aromatic N) is 1. The molecule has 0 bridgehead atoms. The van der Waals surface area contributed by atoms with Crippen molar-refractivity contribution in [2.24, 2.45) is 0 Å². The maximum atomic E-state index is 12.2. The van der Waals surface area contributed by atoms with E-state index in [1.54, 1.807) is 7.05 Å². The number of aliphatic hydroxyl groups is 1. The lowest BCUT2D eigenvalue weighted by molar-refractivity contribution is -0.115. The Labute approximate surface area is 136 Å². The number of carbonyl (C=O) groups excluding carboxylic acids is 1. The molecule has 0 fully saturated rings. The summed E-state index contributed by atoms with van der Waals surface area (Å²) in [5.74, 6) is 5.91. The number of hydrogen-bond acceptors (Lipinski definition) is 2. The summed E-state index contributed by atoms with van der Waals surface area (Å²) < 4.78 is 0. The highest BCUT2D eigenvalue weighted by Crippen LogP contribution is 2.21. The summed E-state index contributed by atoms with van der Waals surface area (Å²) in [7, 11) is 1.65. The second kappa shape index (κ2) is 7.44. The van der Waals surface area contributed by atoms with Gasteiger partial charge < -0.3 is 10.0 Å². The van der Waals surface area contributed by atoms with Gasteiger partial charge in [0.05, 0.1) is 12.3 Å². The van der Waals surface area contributed by atoms with Gasteiger partial charge in [0.15, 0.2) is 0 Å². The van der Waals surface area contributed by atoms with Gasteiger partial charge in [0.25, 0.3) is 5.91 Å². The molecule has 0 aliphatic carbocycles. The molecular formula is C20H19NO2. The summed E-state index contributed by atoms with van der Waals surface area (Å²) in [6.07, 6.45) is 0. The maximum absolute atomic E-state index is 12.2. The van der Waals surface area contributed by atoms with E-state index in [1.807, 2.05) is 55.5 Å². The molecule has 3 heteroatoms. The van der Waals surface area contributed by atoms with Crippen molar-refractivity contribution in [3.63, 3.8) is 0 Å². The van der Waals surface area contributed by atoms with Gasteiger partial charge in [-0.05, 0) is 36.8 Å². The first-order valence-electron chi connectivity index (χ1n) is 7.27. The van der Waals surface area contributed by atoms with Gasteiger partial charge in [0.2, 0.25) is 0 Å². The summed E-state index contributed by atoms with van der Waals surface area (Å²) in [4.78, 5) is 13.7. The van der Waals surface area contributed by atoms with Crippen LogP contribution in [0.15, 0.2) is 60.7 Å². The number of likely N-dealkylation sites (N-methyl/N-ethyl adjacent to an activating group) is 1. The topological polar surface area (TPSA) is 40.5 Å². The van der Waals surface area contributed by atoms with Crippen molar-refractivity contribution in [2.75, 3.05) is 18.6 Å². The standard InChI is InChI=1S/C20H19NO2/c1-15-9-12-19(21(3)20(23)16(2)14-22)18(13-15)11-10-17-7-5-4-6-8-17/h4-9,12-13,22H,2,14H2,1,3H3. The molecule has 0 aliphatic heterocycles. The van der Waals surface area contributed by atoms with E-state index in [2.05, 4.69) is 18.4 Å².